The van der Waals surface area contributed by atoms with E-state index in [0.29, 0.717) is 18.2 Å². The third-order valence-corrected chi connectivity index (χ3v) is 4.87. The largest absolute Gasteiger partial charge is 0.490 e. The Hall–Kier alpha value is -0.450. The summed E-state index contributed by atoms with van der Waals surface area (Å²) in [6.07, 6.45) is 3.24. The number of hydrogen-bond donors (Lipinski definition) is 0. The van der Waals surface area contributed by atoms with Gasteiger partial charge < -0.3 is 14.2 Å². The molecule has 2 aliphatic rings. The fraction of sp³-hybridized carbons (Fsp3) is 0.571. The summed E-state index contributed by atoms with van der Waals surface area (Å²) < 4.78 is 17.1. The molecule has 1 fully saturated rings. The molecular weight excluding hydrogens is 332 g/mol. The number of rotatable bonds is 2. The van der Waals surface area contributed by atoms with Crippen LogP contribution in [0.5, 0.6) is 11.5 Å². The minimum atomic E-state index is 0.0969. The average molecular weight is 348 g/mol. The van der Waals surface area contributed by atoms with Crippen LogP contribution in [0.2, 0.25) is 5.02 Å². The lowest BCUT2D eigenvalue weighted by Gasteiger charge is -2.20. The van der Waals surface area contributed by atoms with Gasteiger partial charge in [-0.1, -0.05) is 27.5 Å². The first-order chi connectivity index (χ1) is 9.25. The molecule has 3 rings (SSSR count). The predicted octanol–water partition coefficient (Wildman–Crippen LogP) is 4.12. The summed E-state index contributed by atoms with van der Waals surface area (Å²) in [5.41, 5.74) is 1.01. The van der Waals surface area contributed by atoms with Crippen molar-refractivity contribution >= 4 is 27.5 Å². The summed E-state index contributed by atoms with van der Waals surface area (Å²) in [6.45, 7) is 2.18. The Morgan fingerprint density at radius 3 is 2.53 bits per heavy atom. The lowest BCUT2D eigenvalue weighted by molar-refractivity contribution is 0.110. The number of fused-ring (bicyclic) bond motifs is 1. The van der Waals surface area contributed by atoms with Crippen LogP contribution in [0.4, 0.5) is 0 Å². The Morgan fingerprint density at radius 1 is 1.11 bits per heavy atom. The van der Waals surface area contributed by atoms with Crippen LogP contribution >= 0.6 is 27.5 Å². The summed E-state index contributed by atoms with van der Waals surface area (Å²) in [5, 5.41) is 0.696. The van der Waals surface area contributed by atoms with E-state index in [9.17, 15) is 0 Å². The molecule has 1 aromatic carbocycles. The maximum absolute atomic E-state index is 6.37. The van der Waals surface area contributed by atoms with Gasteiger partial charge in [-0.05, 0) is 24.5 Å². The number of hydrogen-bond acceptors (Lipinski definition) is 3. The zero-order valence-electron chi connectivity index (χ0n) is 10.5. The lowest BCUT2D eigenvalue weighted by atomic mass is 10.0. The standard InChI is InChI=1S/C14H16BrClO3/c15-14(11-3-1-4-17-11)9-7-12-13(8-10(9)16)19-6-2-5-18-12/h7-8,11,14H,1-6H2. The number of alkyl halides is 1. The van der Waals surface area contributed by atoms with E-state index in [4.69, 9.17) is 25.8 Å². The Labute approximate surface area is 126 Å². The van der Waals surface area contributed by atoms with Crippen LogP contribution in [-0.2, 0) is 4.74 Å². The summed E-state index contributed by atoms with van der Waals surface area (Å²) in [6, 6.07) is 3.82. The molecule has 0 spiro atoms. The molecule has 0 radical (unpaired) electrons. The highest BCUT2D eigenvalue weighted by Gasteiger charge is 2.28. The monoisotopic (exact) mass is 346 g/mol. The van der Waals surface area contributed by atoms with E-state index in [1.807, 2.05) is 12.1 Å². The van der Waals surface area contributed by atoms with Gasteiger partial charge in [0.25, 0.3) is 0 Å². The van der Waals surface area contributed by atoms with Gasteiger partial charge in [-0.15, -0.1) is 0 Å². The van der Waals surface area contributed by atoms with Gasteiger partial charge in [0.05, 0.1) is 24.1 Å². The van der Waals surface area contributed by atoms with Crippen LogP contribution in [0, 0.1) is 0 Å². The van der Waals surface area contributed by atoms with Gasteiger partial charge in [0.2, 0.25) is 0 Å². The molecular formula is C14H16BrClO3. The third-order valence-electron chi connectivity index (χ3n) is 3.46. The molecule has 0 bridgehead atoms. The van der Waals surface area contributed by atoms with Crippen molar-refractivity contribution in [3.8, 4) is 11.5 Å². The molecule has 19 heavy (non-hydrogen) atoms. The smallest absolute Gasteiger partial charge is 0.162 e. The minimum Gasteiger partial charge on any atom is -0.490 e. The van der Waals surface area contributed by atoms with E-state index >= 15 is 0 Å². The second-order valence-corrected chi connectivity index (χ2v) is 6.22. The molecule has 2 atom stereocenters. The van der Waals surface area contributed by atoms with E-state index in [1.165, 1.54) is 0 Å². The molecule has 1 aromatic rings. The second-order valence-electron chi connectivity index (χ2n) is 4.82. The van der Waals surface area contributed by atoms with Gasteiger partial charge in [-0.2, -0.15) is 0 Å². The summed E-state index contributed by atoms with van der Waals surface area (Å²) in [4.78, 5) is 0.0969. The Bertz CT molecular complexity index is 460. The molecule has 0 aliphatic carbocycles. The molecule has 2 aliphatic heterocycles. The van der Waals surface area contributed by atoms with Gasteiger partial charge in [-0.3, -0.25) is 0 Å². The van der Waals surface area contributed by atoms with Crippen LogP contribution in [0.3, 0.4) is 0 Å². The van der Waals surface area contributed by atoms with Crippen molar-refractivity contribution in [3.05, 3.63) is 22.7 Å². The third kappa shape index (κ3) is 2.86. The summed E-state index contributed by atoms with van der Waals surface area (Å²) >= 11 is 10.1. The molecule has 0 N–H and O–H groups in total. The quantitative estimate of drug-likeness (QED) is 0.753. The molecule has 0 amide bonds. The van der Waals surface area contributed by atoms with E-state index in [2.05, 4.69) is 15.9 Å². The maximum Gasteiger partial charge on any atom is 0.162 e. The zero-order valence-corrected chi connectivity index (χ0v) is 12.9. The lowest BCUT2D eigenvalue weighted by Crippen LogP contribution is -2.13. The number of ether oxygens (including phenoxy) is 3. The van der Waals surface area contributed by atoms with Crippen molar-refractivity contribution in [1.82, 2.24) is 0 Å². The fourth-order valence-electron chi connectivity index (χ4n) is 2.44. The van der Waals surface area contributed by atoms with E-state index in [0.717, 1.165) is 42.9 Å². The molecule has 0 saturated carbocycles. The molecule has 2 unspecified atom stereocenters. The van der Waals surface area contributed by atoms with Crippen molar-refractivity contribution in [2.75, 3.05) is 19.8 Å². The van der Waals surface area contributed by atoms with Crippen LogP contribution in [-0.4, -0.2) is 25.9 Å². The minimum absolute atomic E-state index is 0.0969. The first-order valence-corrected chi connectivity index (χ1v) is 7.90. The van der Waals surface area contributed by atoms with Crippen LogP contribution in [0.25, 0.3) is 0 Å². The van der Waals surface area contributed by atoms with Crippen molar-refractivity contribution < 1.29 is 14.2 Å². The number of benzene rings is 1. The predicted molar refractivity (Wildman–Crippen MR) is 77.7 cm³/mol. The van der Waals surface area contributed by atoms with Gasteiger partial charge in [-0.25, -0.2) is 0 Å². The molecule has 2 heterocycles. The summed E-state index contributed by atoms with van der Waals surface area (Å²) in [7, 11) is 0. The molecule has 5 heteroatoms. The van der Waals surface area contributed by atoms with Crippen molar-refractivity contribution in [1.29, 1.82) is 0 Å². The molecule has 3 nitrogen and oxygen atoms in total. The Kier molecular flexibility index (Phi) is 4.20. The molecule has 1 saturated heterocycles. The van der Waals surface area contributed by atoms with E-state index in [-0.39, 0.29) is 10.9 Å². The highest BCUT2D eigenvalue weighted by molar-refractivity contribution is 9.09. The zero-order chi connectivity index (χ0) is 13.2. The van der Waals surface area contributed by atoms with Crippen molar-refractivity contribution in [2.24, 2.45) is 0 Å². The first-order valence-electron chi connectivity index (χ1n) is 6.60. The SMILES string of the molecule is Clc1cc2c(cc1C(Br)C1CCCO1)OCCCO2. The number of halogens is 2. The normalized spacial score (nSPS) is 24.0. The van der Waals surface area contributed by atoms with Crippen LogP contribution in [0.15, 0.2) is 12.1 Å². The van der Waals surface area contributed by atoms with Gasteiger partial charge >= 0.3 is 0 Å². The molecule has 0 aromatic heterocycles. The van der Waals surface area contributed by atoms with E-state index in [1.54, 1.807) is 0 Å². The average Bonchev–Trinajstić information content (AvgIpc) is 2.84. The van der Waals surface area contributed by atoms with Crippen LogP contribution in [0.1, 0.15) is 29.7 Å². The fourth-order valence-corrected chi connectivity index (χ4v) is 3.64. The van der Waals surface area contributed by atoms with Gasteiger partial charge in [0, 0.05) is 24.1 Å². The summed E-state index contributed by atoms with van der Waals surface area (Å²) in [5.74, 6) is 1.51. The topological polar surface area (TPSA) is 27.7 Å². The Morgan fingerprint density at radius 2 is 1.84 bits per heavy atom. The van der Waals surface area contributed by atoms with Crippen LogP contribution < -0.4 is 9.47 Å². The maximum atomic E-state index is 6.37. The van der Waals surface area contributed by atoms with Gasteiger partial charge in [0.1, 0.15) is 0 Å². The Balaban J connectivity index is 1.90. The van der Waals surface area contributed by atoms with Crippen molar-refractivity contribution in [3.63, 3.8) is 0 Å². The molecule has 104 valence electrons. The van der Waals surface area contributed by atoms with Crippen molar-refractivity contribution in [2.45, 2.75) is 30.2 Å². The first kappa shape index (κ1) is 13.5. The highest BCUT2D eigenvalue weighted by atomic mass is 79.9. The van der Waals surface area contributed by atoms with Gasteiger partial charge in [0.15, 0.2) is 11.5 Å². The second kappa shape index (κ2) is 5.90. The van der Waals surface area contributed by atoms with E-state index < -0.39 is 0 Å². The highest BCUT2D eigenvalue weighted by Crippen LogP contribution is 2.43.